The summed E-state index contributed by atoms with van der Waals surface area (Å²) >= 11 is 0. The average molecular weight is 227 g/mol. The van der Waals surface area contributed by atoms with Crippen LogP contribution in [-0.4, -0.2) is 11.7 Å². The number of hydrogen-bond donors (Lipinski definition) is 2. The molecule has 0 heterocycles. The van der Waals surface area contributed by atoms with Crippen LogP contribution in [0.2, 0.25) is 0 Å². The van der Waals surface area contributed by atoms with Gasteiger partial charge in [0, 0.05) is 11.6 Å². The maximum Gasteiger partial charge on any atom is 0.168 e. The highest BCUT2D eigenvalue weighted by molar-refractivity contribution is 5.43. The Bertz CT molecular complexity index is 431. The number of benzene rings is 1. The molecule has 4 heteroatoms. The van der Waals surface area contributed by atoms with Gasteiger partial charge in [-0.25, -0.2) is 8.78 Å². The van der Waals surface area contributed by atoms with Crippen LogP contribution in [0.1, 0.15) is 25.3 Å². The molecule has 3 N–H and O–H groups in total. The molecule has 0 aliphatic heterocycles. The van der Waals surface area contributed by atoms with E-state index in [1.165, 1.54) is 6.07 Å². The van der Waals surface area contributed by atoms with Gasteiger partial charge in [-0.05, 0) is 29.9 Å². The van der Waals surface area contributed by atoms with Crippen molar-refractivity contribution < 1.29 is 13.9 Å². The zero-order valence-electron chi connectivity index (χ0n) is 9.30. The molecule has 0 radical (unpaired) electrons. The third-order valence-corrected chi connectivity index (χ3v) is 3.70. The third kappa shape index (κ3) is 1.48. The molecule has 1 aliphatic rings. The molecule has 1 aromatic carbocycles. The van der Waals surface area contributed by atoms with Crippen molar-refractivity contribution in [3.8, 4) is 5.75 Å². The highest BCUT2D eigenvalue weighted by atomic mass is 19.1. The van der Waals surface area contributed by atoms with E-state index in [-0.39, 0.29) is 17.3 Å². The van der Waals surface area contributed by atoms with Crippen molar-refractivity contribution in [1.82, 2.24) is 0 Å². The third-order valence-electron chi connectivity index (χ3n) is 3.70. The molecule has 1 aromatic rings. The van der Waals surface area contributed by atoms with Crippen LogP contribution in [-0.2, 0) is 0 Å². The Hall–Kier alpha value is -1.16. The first-order chi connectivity index (χ1) is 7.39. The van der Waals surface area contributed by atoms with E-state index < -0.39 is 17.4 Å². The van der Waals surface area contributed by atoms with Crippen LogP contribution in [0.15, 0.2) is 12.1 Å². The minimum Gasteiger partial charge on any atom is -0.505 e. The summed E-state index contributed by atoms with van der Waals surface area (Å²) in [5.41, 5.74) is 5.82. The topological polar surface area (TPSA) is 46.2 Å². The SMILES string of the molecule is CC1(C)C(CN)C1c1cc(F)cc(F)c1O. The maximum atomic E-state index is 13.2. The van der Waals surface area contributed by atoms with Gasteiger partial charge in [0.1, 0.15) is 5.82 Å². The highest BCUT2D eigenvalue weighted by Gasteiger charge is 2.58. The first-order valence-corrected chi connectivity index (χ1v) is 5.27. The van der Waals surface area contributed by atoms with Crippen molar-refractivity contribution in [2.45, 2.75) is 19.8 Å². The lowest BCUT2D eigenvalue weighted by atomic mass is 10.0. The molecule has 88 valence electrons. The maximum absolute atomic E-state index is 13.2. The van der Waals surface area contributed by atoms with Crippen molar-refractivity contribution >= 4 is 0 Å². The molecule has 0 amide bonds. The first-order valence-electron chi connectivity index (χ1n) is 5.27. The molecular formula is C12H15F2NO. The largest absolute Gasteiger partial charge is 0.505 e. The van der Waals surface area contributed by atoms with E-state index in [1.54, 1.807) is 0 Å². The zero-order valence-corrected chi connectivity index (χ0v) is 9.30. The monoisotopic (exact) mass is 227 g/mol. The fourth-order valence-electron chi connectivity index (χ4n) is 2.62. The van der Waals surface area contributed by atoms with E-state index in [2.05, 4.69) is 0 Å². The molecule has 2 atom stereocenters. The van der Waals surface area contributed by atoms with Gasteiger partial charge in [0.2, 0.25) is 0 Å². The van der Waals surface area contributed by atoms with E-state index in [1.807, 2.05) is 13.8 Å². The molecule has 0 saturated heterocycles. The van der Waals surface area contributed by atoms with Crippen molar-refractivity contribution in [2.24, 2.45) is 17.1 Å². The number of phenols is 1. The lowest BCUT2D eigenvalue weighted by Crippen LogP contribution is -2.05. The molecule has 2 unspecified atom stereocenters. The Morgan fingerprint density at radius 3 is 2.50 bits per heavy atom. The summed E-state index contributed by atoms with van der Waals surface area (Å²) in [4.78, 5) is 0. The van der Waals surface area contributed by atoms with Crippen molar-refractivity contribution in [1.29, 1.82) is 0 Å². The van der Waals surface area contributed by atoms with E-state index in [9.17, 15) is 13.9 Å². The predicted octanol–water partition coefficient (Wildman–Crippen LogP) is 2.37. The Balaban J connectivity index is 2.43. The van der Waals surface area contributed by atoms with Gasteiger partial charge in [0.25, 0.3) is 0 Å². The van der Waals surface area contributed by atoms with E-state index in [0.29, 0.717) is 18.2 Å². The van der Waals surface area contributed by atoms with Gasteiger partial charge in [-0.1, -0.05) is 13.8 Å². The second-order valence-corrected chi connectivity index (χ2v) is 4.97. The average Bonchev–Trinajstić information content (AvgIpc) is 2.74. The number of phenolic OH excluding ortho intramolecular Hbond substituents is 1. The van der Waals surface area contributed by atoms with E-state index in [0.717, 1.165) is 0 Å². The number of aromatic hydroxyl groups is 1. The second-order valence-electron chi connectivity index (χ2n) is 4.97. The van der Waals surface area contributed by atoms with Gasteiger partial charge in [-0.15, -0.1) is 0 Å². The van der Waals surface area contributed by atoms with Crippen LogP contribution < -0.4 is 5.73 Å². The Morgan fingerprint density at radius 1 is 1.38 bits per heavy atom. The summed E-state index contributed by atoms with van der Waals surface area (Å²) < 4.78 is 26.3. The van der Waals surface area contributed by atoms with Gasteiger partial charge in [-0.3, -0.25) is 0 Å². The quantitative estimate of drug-likeness (QED) is 0.814. The lowest BCUT2D eigenvalue weighted by Gasteiger charge is -2.07. The summed E-state index contributed by atoms with van der Waals surface area (Å²) in [7, 11) is 0. The van der Waals surface area contributed by atoms with Crippen molar-refractivity contribution in [2.75, 3.05) is 6.54 Å². The van der Waals surface area contributed by atoms with Crippen LogP contribution in [0.4, 0.5) is 8.78 Å². The minimum absolute atomic E-state index is 0.0669. The molecule has 0 bridgehead atoms. The Labute approximate surface area is 93.1 Å². The summed E-state index contributed by atoms with van der Waals surface area (Å²) in [6.45, 7) is 4.42. The van der Waals surface area contributed by atoms with Gasteiger partial charge in [-0.2, -0.15) is 0 Å². The van der Waals surface area contributed by atoms with Crippen LogP contribution in [0.25, 0.3) is 0 Å². The van der Waals surface area contributed by atoms with Crippen molar-refractivity contribution in [3.63, 3.8) is 0 Å². The summed E-state index contributed by atoms with van der Waals surface area (Å²) in [5.74, 6) is -1.92. The molecule has 2 nitrogen and oxygen atoms in total. The van der Waals surface area contributed by atoms with Crippen LogP contribution in [0.5, 0.6) is 5.75 Å². The molecule has 1 fully saturated rings. The standard InChI is InChI=1S/C12H15F2NO/c1-12(2)8(5-15)10(12)7-3-6(13)4-9(14)11(7)16/h3-4,8,10,16H,5,15H2,1-2H3. The van der Waals surface area contributed by atoms with E-state index in [4.69, 9.17) is 5.73 Å². The fourth-order valence-corrected chi connectivity index (χ4v) is 2.62. The second kappa shape index (κ2) is 3.42. The van der Waals surface area contributed by atoms with Gasteiger partial charge >= 0.3 is 0 Å². The molecule has 0 aromatic heterocycles. The lowest BCUT2D eigenvalue weighted by molar-refractivity contribution is 0.418. The van der Waals surface area contributed by atoms with Gasteiger partial charge < -0.3 is 10.8 Å². The highest BCUT2D eigenvalue weighted by Crippen LogP contribution is 2.65. The summed E-state index contributed by atoms with van der Waals surface area (Å²) in [5, 5.41) is 9.60. The first kappa shape index (κ1) is 11.3. The molecule has 1 aliphatic carbocycles. The van der Waals surface area contributed by atoms with Crippen LogP contribution in [0.3, 0.4) is 0 Å². The Morgan fingerprint density at radius 2 is 2.00 bits per heavy atom. The molecular weight excluding hydrogens is 212 g/mol. The molecule has 1 saturated carbocycles. The van der Waals surface area contributed by atoms with Crippen LogP contribution >= 0.6 is 0 Å². The van der Waals surface area contributed by atoms with Gasteiger partial charge in [0.05, 0.1) is 0 Å². The van der Waals surface area contributed by atoms with E-state index >= 15 is 0 Å². The molecule has 2 rings (SSSR count). The number of rotatable bonds is 2. The summed E-state index contributed by atoms with van der Waals surface area (Å²) in [6, 6.07) is 1.88. The minimum atomic E-state index is -0.909. The fraction of sp³-hybridized carbons (Fsp3) is 0.500. The number of nitrogens with two attached hydrogens (primary N) is 1. The predicted molar refractivity (Wildman–Crippen MR) is 57.1 cm³/mol. The van der Waals surface area contributed by atoms with Crippen molar-refractivity contribution in [3.05, 3.63) is 29.3 Å². The van der Waals surface area contributed by atoms with Gasteiger partial charge in [0.15, 0.2) is 11.6 Å². The smallest absolute Gasteiger partial charge is 0.168 e. The molecule has 16 heavy (non-hydrogen) atoms. The Kier molecular flexibility index (Phi) is 2.42. The number of halogens is 2. The number of hydrogen-bond acceptors (Lipinski definition) is 2. The van der Waals surface area contributed by atoms with Crippen LogP contribution in [0, 0.1) is 23.0 Å². The zero-order chi connectivity index (χ0) is 12.1. The normalized spacial score (nSPS) is 26.8. The molecule has 0 spiro atoms. The summed E-state index contributed by atoms with van der Waals surface area (Å²) in [6.07, 6.45) is 0.